The predicted octanol–water partition coefficient (Wildman–Crippen LogP) is 0.613. The van der Waals surface area contributed by atoms with Crippen LogP contribution in [0.25, 0.3) is 0 Å². The van der Waals surface area contributed by atoms with Crippen LogP contribution in [0, 0.1) is 0 Å². The molecule has 7 heteroatoms. The summed E-state index contributed by atoms with van der Waals surface area (Å²) in [5.74, 6) is 0.458. The van der Waals surface area contributed by atoms with Gasteiger partial charge in [0.05, 0.1) is 4.60 Å². The van der Waals surface area contributed by atoms with Gasteiger partial charge in [-0.1, -0.05) is 0 Å². The van der Waals surface area contributed by atoms with Crippen molar-refractivity contribution in [3.8, 4) is 0 Å². The quantitative estimate of drug-likeness (QED) is 0.737. The average molecular weight is 310 g/mol. The minimum Gasteiger partial charge on any atom is -0.370 e. The third kappa shape index (κ3) is 0.996. The van der Waals surface area contributed by atoms with Crippen LogP contribution in [0.3, 0.4) is 0 Å². The number of fused-ring (bicyclic) bond motifs is 2. The van der Waals surface area contributed by atoms with Crippen molar-refractivity contribution in [3.05, 3.63) is 22.4 Å². The average Bonchev–Trinajstić information content (AvgIpc) is 2.97. The van der Waals surface area contributed by atoms with Gasteiger partial charge < -0.3 is 20.5 Å². The second kappa shape index (κ2) is 3.09. The molecule has 6 nitrogen and oxygen atoms in total. The highest BCUT2D eigenvalue weighted by Gasteiger charge is 2.58. The molecular weight excluding hydrogens is 298 g/mol. The van der Waals surface area contributed by atoms with Crippen LogP contribution in [0.5, 0.6) is 0 Å². The molecule has 0 radical (unpaired) electrons. The standard InChI is InChI=1S/C11H12BrN5O/c12-7-3-2-6-8(18)16-5-1-4-11(16)9(17(6)7)14-10(13)15-11/h2-3,9H,1,4-5H2,(H3,13,14,15). The van der Waals surface area contributed by atoms with Crippen LogP contribution in [0.4, 0.5) is 0 Å². The lowest BCUT2D eigenvalue weighted by Crippen LogP contribution is -2.63. The first-order valence-electron chi connectivity index (χ1n) is 5.94. The Bertz CT molecular complexity index is 594. The van der Waals surface area contributed by atoms with Crippen LogP contribution >= 0.6 is 15.9 Å². The fraction of sp³-hybridized carbons (Fsp3) is 0.455. The Morgan fingerprint density at radius 1 is 1.56 bits per heavy atom. The van der Waals surface area contributed by atoms with Crippen molar-refractivity contribution in [2.45, 2.75) is 24.7 Å². The zero-order valence-corrected chi connectivity index (χ0v) is 11.1. The highest BCUT2D eigenvalue weighted by Crippen LogP contribution is 2.46. The molecule has 2 unspecified atom stereocenters. The largest absolute Gasteiger partial charge is 0.370 e. The molecule has 0 aliphatic carbocycles. The van der Waals surface area contributed by atoms with Gasteiger partial charge in [-0.15, -0.1) is 0 Å². The number of hydrogen-bond acceptors (Lipinski definition) is 4. The van der Waals surface area contributed by atoms with Gasteiger partial charge in [0, 0.05) is 6.54 Å². The number of rotatable bonds is 0. The maximum atomic E-state index is 12.5. The molecule has 94 valence electrons. The third-order valence-corrected chi connectivity index (χ3v) is 4.68. The first-order valence-corrected chi connectivity index (χ1v) is 6.73. The molecule has 4 heterocycles. The monoisotopic (exact) mass is 309 g/mol. The Labute approximate surface area is 112 Å². The van der Waals surface area contributed by atoms with Gasteiger partial charge in [0.1, 0.15) is 5.69 Å². The lowest BCUT2D eigenvalue weighted by atomic mass is 10.0. The van der Waals surface area contributed by atoms with Gasteiger partial charge in [-0.2, -0.15) is 0 Å². The topological polar surface area (TPSA) is 75.6 Å². The van der Waals surface area contributed by atoms with Crippen molar-refractivity contribution in [1.29, 1.82) is 0 Å². The van der Waals surface area contributed by atoms with E-state index in [4.69, 9.17) is 5.73 Å². The van der Waals surface area contributed by atoms with Crippen LogP contribution in [-0.2, 0) is 0 Å². The molecule has 3 N–H and O–H groups in total. The summed E-state index contributed by atoms with van der Waals surface area (Å²) in [5.41, 5.74) is 6.05. The van der Waals surface area contributed by atoms with E-state index < -0.39 is 5.66 Å². The van der Waals surface area contributed by atoms with E-state index in [9.17, 15) is 4.79 Å². The number of nitrogens with zero attached hydrogens (tertiary/aromatic N) is 3. The molecule has 1 aromatic rings. The van der Waals surface area contributed by atoms with Crippen molar-refractivity contribution in [2.24, 2.45) is 10.7 Å². The molecule has 0 aromatic carbocycles. The summed E-state index contributed by atoms with van der Waals surface area (Å²) < 4.78 is 2.79. The van der Waals surface area contributed by atoms with E-state index in [-0.39, 0.29) is 12.1 Å². The van der Waals surface area contributed by atoms with E-state index in [1.165, 1.54) is 0 Å². The van der Waals surface area contributed by atoms with Gasteiger partial charge in [0.25, 0.3) is 5.91 Å². The van der Waals surface area contributed by atoms with E-state index in [1.54, 1.807) is 0 Å². The van der Waals surface area contributed by atoms with Crippen LogP contribution in [0.15, 0.2) is 21.7 Å². The number of guanidine groups is 1. The Morgan fingerprint density at radius 3 is 3.22 bits per heavy atom. The molecule has 18 heavy (non-hydrogen) atoms. The van der Waals surface area contributed by atoms with E-state index in [1.807, 2.05) is 21.6 Å². The van der Waals surface area contributed by atoms with Crippen LogP contribution in [0.1, 0.15) is 29.5 Å². The van der Waals surface area contributed by atoms with Gasteiger partial charge in [-0.05, 0) is 40.9 Å². The van der Waals surface area contributed by atoms with Crippen LogP contribution in [-0.4, -0.2) is 33.5 Å². The number of aliphatic imine (C=N–C) groups is 1. The highest BCUT2D eigenvalue weighted by atomic mass is 79.9. The predicted molar refractivity (Wildman–Crippen MR) is 68.9 cm³/mol. The number of hydrogen-bond donors (Lipinski definition) is 2. The van der Waals surface area contributed by atoms with Crippen molar-refractivity contribution in [1.82, 2.24) is 14.8 Å². The SMILES string of the molecule is NC1=NC2n3c(Br)ccc3C(=O)N3CCCC23N1. The molecule has 3 aliphatic heterocycles. The minimum atomic E-state index is -0.463. The highest BCUT2D eigenvalue weighted by molar-refractivity contribution is 9.10. The molecular formula is C11H12BrN5O. The lowest BCUT2D eigenvalue weighted by molar-refractivity contribution is 0.0323. The Balaban J connectivity index is 1.99. The number of carbonyl (C=O) groups excluding carboxylic acids is 1. The number of nitrogens with two attached hydrogens (primary N) is 1. The zero-order chi connectivity index (χ0) is 12.5. The first kappa shape index (κ1) is 10.4. The summed E-state index contributed by atoms with van der Waals surface area (Å²) in [6.07, 6.45) is 1.68. The van der Waals surface area contributed by atoms with E-state index in [2.05, 4.69) is 26.2 Å². The van der Waals surface area contributed by atoms with Crippen LogP contribution in [0.2, 0.25) is 0 Å². The molecule has 1 amide bonds. The summed E-state index contributed by atoms with van der Waals surface area (Å²) in [7, 11) is 0. The van der Waals surface area contributed by atoms with Crippen molar-refractivity contribution >= 4 is 27.8 Å². The minimum absolute atomic E-state index is 0.0480. The molecule has 0 bridgehead atoms. The van der Waals surface area contributed by atoms with E-state index >= 15 is 0 Å². The van der Waals surface area contributed by atoms with Gasteiger partial charge in [-0.3, -0.25) is 4.79 Å². The van der Waals surface area contributed by atoms with Gasteiger partial charge in [0.2, 0.25) is 0 Å². The molecule has 1 spiro atoms. The number of nitrogens with one attached hydrogen (secondary N) is 1. The van der Waals surface area contributed by atoms with Crippen LogP contribution < -0.4 is 11.1 Å². The number of carbonyl (C=O) groups is 1. The zero-order valence-electron chi connectivity index (χ0n) is 9.56. The smallest absolute Gasteiger partial charge is 0.272 e. The van der Waals surface area contributed by atoms with Gasteiger partial charge >= 0.3 is 0 Å². The molecule has 2 atom stereocenters. The normalized spacial score (nSPS) is 32.7. The lowest BCUT2D eigenvalue weighted by Gasteiger charge is -2.43. The molecule has 3 aliphatic rings. The maximum absolute atomic E-state index is 12.5. The maximum Gasteiger partial charge on any atom is 0.272 e. The molecule has 1 aromatic heterocycles. The third-order valence-electron chi connectivity index (χ3n) is 4.03. The number of aromatic nitrogens is 1. The molecule has 4 rings (SSSR count). The Morgan fingerprint density at radius 2 is 2.39 bits per heavy atom. The summed E-state index contributed by atoms with van der Waals surface area (Å²) >= 11 is 3.48. The van der Waals surface area contributed by atoms with E-state index in [0.717, 1.165) is 24.0 Å². The molecule has 1 saturated heterocycles. The fourth-order valence-corrected chi connectivity index (χ4v) is 3.85. The second-order valence-corrected chi connectivity index (χ2v) is 5.72. The molecule has 1 fully saturated rings. The number of halogens is 1. The first-order chi connectivity index (χ1) is 8.63. The summed E-state index contributed by atoms with van der Waals surface area (Å²) in [6, 6.07) is 3.71. The van der Waals surface area contributed by atoms with Crippen molar-refractivity contribution < 1.29 is 4.79 Å². The van der Waals surface area contributed by atoms with Gasteiger partial charge in [0.15, 0.2) is 17.8 Å². The summed E-state index contributed by atoms with van der Waals surface area (Å²) in [5, 5.41) is 3.21. The Kier molecular flexibility index (Phi) is 1.79. The van der Waals surface area contributed by atoms with E-state index in [0.29, 0.717) is 11.7 Å². The summed E-state index contributed by atoms with van der Waals surface area (Å²) in [6.45, 7) is 0.758. The summed E-state index contributed by atoms with van der Waals surface area (Å²) in [4.78, 5) is 18.9. The number of amides is 1. The fourth-order valence-electron chi connectivity index (χ4n) is 3.34. The van der Waals surface area contributed by atoms with Gasteiger partial charge in [-0.25, -0.2) is 4.99 Å². The second-order valence-electron chi connectivity index (χ2n) is 4.91. The van der Waals surface area contributed by atoms with Crippen molar-refractivity contribution in [2.75, 3.05) is 6.54 Å². The Hall–Kier alpha value is -1.50. The molecule has 0 saturated carbocycles. The van der Waals surface area contributed by atoms with Crippen molar-refractivity contribution in [3.63, 3.8) is 0 Å².